The maximum absolute atomic E-state index is 12.1. The van der Waals surface area contributed by atoms with Gasteiger partial charge in [0.25, 0.3) is 0 Å². The molecular formula is C47H68O9. The summed E-state index contributed by atoms with van der Waals surface area (Å²) in [5, 5.41) is 40.1. The van der Waals surface area contributed by atoms with E-state index in [0.29, 0.717) is 36.5 Å². The van der Waals surface area contributed by atoms with Crippen molar-refractivity contribution in [3.05, 3.63) is 86.5 Å². The van der Waals surface area contributed by atoms with Crippen LogP contribution in [0.2, 0.25) is 0 Å². The Morgan fingerprint density at radius 3 is 1.02 bits per heavy atom. The van der Waals surface area contributed by atoms with E-state index in [4.69, 9.17) is 14.6 Å². The van der Waals surface area contributed by atoms with Crippen LogP contribution >= 0.6 is 0 Å². The van der Waals surface area contributed by atoms with Gasteiger partial charge in [0.15, 0.2) is 0 Å². The highest BCUT2D eigenvalue weighted by Gasteiger charge is 2.27. The Kier molecular flexibility index (Phi) is 16.2. The van der Waals surface area contributed by atoms with Crippen LogP contribution in [-0.2, 0) is 64.8 Å². The van der Waals surface area contributed by atoms with E-state index in [1.165, 1.54) is 0 Å². The quantitative estimate of drug-likeness (QED) is 0.104. The van der Waals surface area contributed by atoms with Crippen LogP contribution in [0.1, 0.15) is 152 Å². The summed E-state index contributed by atoms with van der Waals surface area (Å²) in [5.41, 5.74) is 7.20. The van der Waals surface area contributed by atoms with E-state index in [0.717, 1.165) is 50.1 Å². The number of ether oxygens (including phenoxy) is 2. The molecule has 0 saturated heterocycles. The molecule has 4 N–H and O–H groups in total. The third-order valence-electron chi connectivity index (χ3n) is 9.59. The summed E-state index contributed by atoms with van der Waals surface area (Å²) in [4.78, 5) is 35.0. The van der Waals surface area contributed by atoms with Gasteiger partial charge in [-0.2, -0.15) is 0 Å². The second-order valence-corrected chi connectivity index (χ2v) is 19.0. The fourth-order valence-electron chi connectivity index (χ4n) is 6.32. The van der Waals surface area contributed by atoms with Gasteiger partial charge in [-0.05, 0) is 105 Å². The molecule has 0 aliphatic heterocycles. The molecule has 0 atom stereocenters. The van der Waals surface area contributed by atoms with Crippen molar-refractivity contribution in [1.29, 1.82) is 0 Å². The van der Waals surface area contributed by atoms with E-state index in [1.54, 1.807) is 0 Å². The highest BCUT2D eigenvalue weighted by molar-refractivity contribution is 5.71. The Morgan fingerprint density at radius 2 is 0.732 bits per heavy atom. The third kappa shape index (κ3) is 14.5. The van der Waals surface area contributed by atoms with Crippen LogP contribution in [0.5, 0.6) is 17.2 Å². The SMILES string of the molecule is CC(C)(C)c1cc(CCC(=O)O)cc(C(C)(C)C)c1O.Cc1cc(CCC(=O)OCCOC(=O)CCc2cc(C)c(O)c(C(C)(C)C)c2)cc(C(C)(C)C)c1O. The summed E-state index contributed by atoms with van der Waals surface area (Å²) >= 11 is 0. The molecule has 310 valence electrons. The zero-order valence-corrected chi connectivity index (χ0v) is 36.5. The number of carboxylic acid groups (broad SMARTS) is 1. The number of aliphatic carboxylic acids is 1. The second-order valence-electron chi connectivity index (χ2n) is 19.0. The van der Waals surface area contributed by atoms with Gasteiger partial charge in [-0.1, -0.05) is 119 Å². The molecule has 0 saturated carbocycles. The molecule has 0 fully saturated rings. The van der Waals surface area contributed by atoms with Crippen molar-refractivity contribution in [2.45, 2.75) is 157 Å². The number of carbonyl (C=O) groups excluding carboxylic acids is 2. The molecule has 3 aromatic carbocycles. The molecule has 9 heteroatoms. The summed E-state index contributed by atoms with van der Waals surface area (Å²) in [6.45, 7) is 28.3. The van der Waals surface area contributed by atoms with Gasteiger partial charge in [-0.15, -0.1) is 0 Å². The molecule has 3 rings (SSSR count). The number of esters is 2. The second kappa shape index (κ2) is 19.1. The van der Waals surface area contributed by atoms with Gasteiger partial charge in [0.1, 0.15) is 30.5 Å². The van der Waals surface area contributed by atoms with E-state index in [1.807, 2.05) is 91.8 Å². The van der Waals surface area contributed by atoms with Crippen molar-refractivity contribution in [1.82, 2.24) is 0 Å². The van der Waals surface area contributed by atoms with E-state index in [2.05, 4.69) is 41.5 Å². The average molecular weight is 777 g/mol. The van der Waals surface area contributed by atoms with Gasteiger partial charge in [0.2, 0.25) is 0 Å². The fraction of sp³-hybridized carbons (Fsp3) is 0.553. The largest absolute Gasteiger partial charge is 0.507 e. The van der Waals surface area contributed by atoms with Gasteiger partial charge < -0.3 is 29.9 Å². The number of rotatable bonds is 12. The van der Waals surface area contributed by atoms with Crippen molar-refractivity contribution in [3.8, 4) is 17.2 Å². The zero-order valence-electron chi connectivity index (χ0n) is 36.5. The first-order valence-electron chi connectivity index (χ1n) is 19.6. The number of benzene rings is 3. The predicted molar refractivity (Wildman–Crippen MR) is 223 cm³/mol. The first-order valence-corrected chi connectivity index (χ1v) is 19.6. The summed E-state index contributed by atoms with van der Waals surface area (Å²) in [7, 11) is 0. The first-order chi connectivity index (χ1) is 25.5. The monoisotopic (exact) mass is 776 g/mol. The van der Waals surface area contributed by atoms with Crippen molar-refractivity contribution in [2.24, 2.45) is 0 Å². The summed E-state index contributed by atoms with van der Waals surface area (Å²) in [5.74, 6) is -0.583. The number of hydrogen-bond acceptors (Lipinski definition) is 8. The number of phenols is 3. The van der Waals surface area contributed by atoms with Crippen LogP contribution in [0.4, 0.5) is 0 Å². The lowest BCUT2D eigenvalue weighted by atomic mass is 9.78. The third-order valence-corrected chi connectivity index (χ3v) is 9.59. The van der Waals surface area contributed by atoms with E-state index >= 15 is 0 Å². The average Bonchev–Trinajstić information content (AvgIpc) is 3.05. The van der Waals surface area contributed by atoms with Crippen LogP contribution in [0, 0.1) is 13.8 Å². The van der Waals surface area contributed by atoms with Crippen LogP contribution < -0.4 is 0 Å². The summed E-state index contributed by atoms with van der Waals surface area (Å²) < 4.78 is 10.4. The number of hydrogen-bond donors (Lipinski definition) is 4. The maximum Gasteiger partial charge on any atom is 0.306 e. The summed E-state index contributed by atoms with van der Waals surface area (Å²) in [6.07, 6.45) is 2.02. The Bertz CT molecular complexity index is 1720. The maximum atomic E-state index is 12.1. The van der Waals surface area contributed by atoms with Crippen molar-refractivity contribution < 1.29 is 44.3 Å². The molecule has 0 amide bonds. The normalized spacial score (nSPS) is 12.1. The molecule has 0 spiro atoms. The van der Waals surface area contributed by atoms with Crippen LogP contribution in [-0.4, -0.2) is 51.5 Å². The molecule has 0 unspecified atom stereocenters. The van der Waals surface area contributed by atoms with Crippen LogP contribution in [0.25, 0.3) is 0 Å². The number of aryl methyl sites for hydroxylation is 5. The van der Waals surface area contributed by atoms with Crippen molar-refractivity contribution in [3.63, 3.8) is 0 Å². The minimum atomic E-state index is -0.798. The Morgan fingerprint density at radius 1 is 0.464 bits per heavy atom. The highest BCUT2D eigenvalue weighted by Crippen LogP contribution is 2.40. The minimum Gasteiger partial charge on any atom is -0.507 e. The Labute approximate surface area is 335 Å². The molecule has 0 bridgehead atoms. The van der Waals surface area contributed by atoms with Crippen molar-refractivity contribution in [2.75, 3.05) is 13.2 Å². The molecule has 9 nitrogen and oxygen atoms in total. The standard InChI is InChI=1S/C30H42O6.C17H26O3/c1-19-15-21(17-23(27(19)33)29(3,4)5)9-11-25(31)35-13-14-36-26(32)12-10-22-16-20(2)28(34)24(18-22)30(6,7)8;1-16(2,3)12-9-11(7-8-14(18)19)10-13(15(12)20)17(4,5)6/h15-18,33-34H,9-14H2,1-8H3;9-10,20H,7-8H2,1-6H3,(H,18,19). The van der Waals surface area contributed by atoms with Gasteiger partial charge in [0, 0.05) is 19.3 Å². The number of phenolic OH excluding ortho intramolecular Hbond substituents is 3. The number of carboxylic acids is 1. The van der Waals surface area contributed by atoms with Crippen LogP contribution in [0.15, 0.2) is 36.4 Å². The lowest BCUT2D eigenvalue weighted by Gasteiger charge is -2.28. The van der Waals surface area contributed by atoms with Crippen molar-refractivity contribution >= 4 is 17.9 Å². The molecular weight excluding hydrogens is 709 g/mol. The number of aromatic hydroxyl groups is 3. The van der Waals surface area contributed by atoms with E-state index in [9.17, 15) is 29.7 Å². The van der Waals surface area contributed by atoms with Gasteiger partial charge in [-0.3, -0.25) is 14.4 Å². The summed E-state index contributed by atoms with van der Waals surface area (Å²) in [6, 6.07) is 11.5. The van der Waals surface area contributed by atoms with Gasteiger partial charge in [-0.25, -0.2) is 0 Å². The fourth-order valence-corrected chi connectivity index (χ4v) is 6.32. The Balaban J connectivity index is 0.000000457. The van der Waals surface area contributed by atoms with Gasteiger partial charge >= 0.3 is 17.9 Å². The molecule has 0 radical (unpaired) electrons. The van der Waals surface area contributed by atoms with E-state index in [-0.39, 0.29) is 66.1 Å². The molecule has 0 aliphatic rings. The van der Waals surface area contributed by atoms with Crippen LogP contribution in [0.3, 0.4) is 0 Å². The van der Waals surface area contributed by atoms with Gasteiger partial charge in [0.05, 0.1) is 0 Å². The smallest absolute Gasteiger partial charge is 0.306 e. The zero-order chi connectivity index (χ0) is 43.0. The highest BCUT2D eigenvalue weighted by atomic mass is 16.6. The lowest BCUT2D eigenvalue weighted by Crippen LogP contribution is -2.18. The molecule has 0 aromatic heterocycles. The minimum absolute atomic E-state index is 0.0128. The lowest BCUT2D eigenvalue weighted by molar-refractivity contribution is -0.152. The predicted octanol–water partition coefficient (Wildman–Crippen LogP) is 9.97. The molecule has 0 aliphatic carbocycles. The number of carbonyl (C=O) groups is 3. The molecule has 3 aromatic rings. The topological polar surface area (TPSA) is 151 Å². The molecule has 56 heavy (non-hydrogen) atoms. The Hall–Kier alpha value is -4.53. The first kappa shape index (κ1) is 47.6. The van der Waals surface area contributed by atoms with E-state index < -0.39 is 5.97 Å². The molecule has 0 heterocycles.